The van der Waals surface area contributed by atoms with Crippen molar-refractivity contribution >= 4 is 37.5 Å². The zero-order valence-corrected chi connectivity index (χ0v) is 20.6. The van der Waals surface area contributed by atoms with Crippen LogP contribution in [0.2, 0.25) is 0 Å². The number of likely N-dealkylation sites (tertiary alicyclic amines) is 1. The van der Waals surface area contributed by atoms with Crippen molar-refractivity contribution in [3.8, 4) is 0 Å². The minimum Gasteiger partial charge on any atom is -0.353 e. The van der Waals surface area contributed by atoms with E-state index in [0.29, 0.717) is 47.2 Å². The minimum atomic E-state index is -2.65. The summed E-state index contributed by atoms with van der Waals surface area (Å²) in [6.45, 7) is 1.01. The van der Waals surface area contributed by atoms with E-state index in [4.69, 9.17) is 4.52 Å². The topological polar surface area (TPSA) is 102 Å². The van der Waals surface area contributed by atoms with Crippen molar-refractivity contribution in [3.05, 3.63) is 89.5 Å². The number of carbonyl (C=O) groups is 2. The summed E-state index contributed by atoms with van der Waals surface area (Å²) in [5.74, 6) is 0.0981. The van der Waals surface area contributed by atoms with Gasteiger partial charge in [-0.15, -0.1) is 0 Å². The molecule has 0 spiro atoms. The Kier molecular flexibility index (Phi) is 7.30. The molecule has 8 nitrogen and oxygen atoms in total. The van der Waals surface area contributed by atoms with E-state index in [1.54, 1.807) is 36.4 Å². The number of nitrogens with one attached hydrogen (secondary N) is 1. The van der Waals surface area contributed by atoms with Gasteiger partial charge in [0, 0.05) is 18.7 Å². The predicted molar refractivity (Wildman–Crippen MR) is 139 cm³/mol. The van der Waals surface area contributed by atoms with Gasteiger partial charge in [-0.2, -0.15) is 0 Å². The highest BCUT2D eigenvalue weighted by Crippen LogP contribution is 2.38. The van der Waals surface area contributed by atoms with E-state index in [2.05, 4.69) is 29.6 Å². The summed E-state index contributed by atoms with van der Waals surface area (Å²) in [5, 5.41) is 3.26. The minimum absolute atomic E-state index is 0.0855. The standard InChI is InChI=1S/C27H28N3O5P/c31-26(29-14-12-20(13-15-29)16-19-6-2-1-3-7-19)21-10-11-24-25(17-21)30(18-35-36(33)34)27(32)22-8-4-5-9-23(22)28-24/h1-11,17,20,28,33-34H,12-16,18H2. The monoisotopic (exact) mass is 505 g/mol. The van der Waals surface area contributed by atoms with E-state index in [0.717, 1.165) is 19.3 Å². The molecule has 3 N–H and O–H groups in total. The van der Waals surface area contributed by atoms with E-state index in [9.17, 15) is 19.4 Å². The number of fused-ring (bicyclic) bond motifs is 2. The van der Waals surface area contributed by atoms with Gasteiger partial charge in [0.25, 0.3) is 11.8 Å². The fourth-order valence-corrected chi connectivity index (χ4v) is 5.10. The molecule has 1 fully saturated rings. The second-order valence-electron chi connectivity index (χ2n) is 9.07. The van der Waals surface area contributed by atoms with E-state index in [1.165, 1.54) is 10.5 Å². The van der Waals surface area contributed by atoms with Crippen molar-refractivity contribution in [1.29, 1.82) is 0 Å². The second-order valence-corrected chi connectivity index (χ2v) is 9.84. The Hall–Kier alpha value is -3.29. The molecule has 0 bridgehead atoms. The number of hydrogen-bond donors (Lipinski definition) is 3. The van der Waals surface area contributed by atoms with Crippen molar-refractivity contribution < 1.29 is 23.9 Å². The quantitative estimate of drug-likeness (QED) is 0.421. The largest absolute Gasteiger partial charge is 0.353 e. The lowest BCUT2D eigenvalue weighted by Gasteiger charge is -2.32. The second kappa shape index (κ2) is 10.8. The molecule has 3 aromatic carbocycles. The Morgan fingerprint density at radius 2 is 1.69 bits per heavy atom. The Balaban J connectivity index is 1.35. The fourth-order valence-electron chi connectivity index (χ4n) is 4.88. The van der Waals surface area contributed by atoms with Crippen molar-refractivity contribution in [3.63, 3.8) is 0 Å². The first-order valence-corrected chi connectivity index (χ1v) is 13.1. The lowest BCUT2D eigenvalue weighted by atomic mass is 9.90. The number of amides is 2. The van der Waals surface area contributed by atoms with Gasteiger partial charge in [-0.3, -0.25) is 19.0 Å². The Bertz CT molecular complexity index is 1250. The lowest BCUT2D eigenvalue weighted by Crippen LogP contribution is -2.39. The zero-order valence-electron chi connectivity index (χ0n) is 19.7. The van der Waals surface area contributed by atoms with Crippen LogP contribution < -0.4 is 10.2 Å². The molecule has 1 saturated heterocycles. The number of nitrogens with zero attached hydrogens (tertiary/aromatic N) is 2. The van der Waals surface area contributed by atoms with Gasteiger partial charge in [0.15, 0.2) is 0 Å². The number of para-hydroxylation sites is 1. The normalized spacial score (nSPS) is 15.8. The molecule has 0 aliphatic carbocycles. The van der Waals surface area contributed by atoms with Gasteiger partial charge in [-0.1, -0.05) is 42.5 Å². The predicted octanol–water partition coefficient (Wildman–Crippen LogP) is 4.67. The first-order valence-electron chi connectivity index (χ1n) is 12.0. The summed E-state index contributed by atoms with van der Waals surface area (Å²) in [5.41, 5.74) is 3.90. The molecule has 0 saturated carbocycles. The van der Waals surface area contributed by atoms with Gasteiger partial charge in [0.05, 0.1) is 22.6 Å². The number of anilines is 3. The van der Waals surface area contributed by atoms with Crippen LogP contribution in [0.15, 0.2) is 72.8 Å². The molecule has 186 valence electrons. The first-order chi connectivity index (χ1) is 17.5. The van der Waals surface area contributed by atoms with Crippen LogP contribution in [0, 0.1) is 5.92 Å². The number of benzene rings is 3. The average Bonchev–Trinajstić information content (AvgIpc) is 3.01. The fraction of sp³-hybridized carbons (Fsp3) is 0.259. The van der Waals surface area contributed by atoms with Crippen molar-refractivity contribution in [2.75, 3.05) is 30.0 Å². The molecule has 0 atom stereocenters. The van der Waals surface area contributed by atoms with Crippen molar-refractivity contribution in [1.82, 2.24) is 4.90 Å². The maximum absolute atomic E-state index is 13.4. The van der Waals surface area contributed by atoms with Crippen LogP contribution in [-0.2, 0) is 10.9 Å². The maximum atomic E-state index is 13.4. The highest BCUT2D eigenvalue weighted by molar-refractivity contribution is 7.39. The Morgan fingerprint density at radius 3 is 2.44 bits per heavy atom. The molecule has 0 radical (unpaired) electrons. The number of piperidine rings is 1. The van der Waals surface area contributed by atoms with Crippen LogP contribution in [0.4, 0.5) is 17.1 Å². The van der Waals surface area contributed by atoms with E-state index < -0.39 is 8.60 Å². The summed E-state index contributed by atoms with van der Waals surface area (Å²) in [7, 11) is -2.65. The smallest absolute Gasteiger partial charge is 0.328 e. The summed E-state index contributed by atoms with van der Waals surface area (Å²) >= 11 is 0. The number of carbonyl (C=O) groups excluding carboxylic acids is 2. The molecule has 5 rings (SSSR count). The molecule has 0 unspecified atom stereocenters. The summed E-state index contributed by atoms with van der Waals surface area (Å²) < 4.78 is 5.01. The maximum Gasteiger partial charge on any atom is 0.328 e. The van der Waals surface area contributed by atoms with Crippen LogP contribution in [0.5, 0.6) is 0 Å². The molecule has 3 aromatic rings. The third-order valence-corrected chi connectivity index (χ3v) is 7.13. The van der Waals surface area contributed by atoms with Gasteiger partial charge in [0.1, 0.15) is 6.73 Å². The Morgan fingerprint density at radius 1 is 0.972 bits per heavy atom. The van der Waals surface area contributed by atoms with Crippen LogP contribution >= 0.6 is 8.60 Å². The molecule has 2 aliphatic heterocycles. The summed E-state index contributed by atoms with van der Waals surface area (Å²) in [6, 6.07) is 22.7. The molecule has 2 amide bonds. The molecule has 36 heavy (non-hydrogen) atoms. The van der Waals surface area contributed by atoms with Crippen LogP contribution in [0.25, 0.3) is 0 Å². The zero-order chi connectivity index (χ0) is 25.1. The van der Waals surface area contributed by atoms with E-state index >= 15 is 0 Å². The molecule has 0 aromatic heterocycles. The van der Waals surface area contributed by atoms with Crippen molar-refractivity contribution in [2.24, 2.45) is 5.92 Å². The van der Waals surface area contributed by atoms with Gasteiger partial charge in [-0.05, 0) is 61.1 Å². The highest BCUT2D eigenvalue weighted by Gasteiger charge is 2.30. The van der Waals surface area contributed by atoms with Gasteiger partial charge >= 0.3 is 8.60 Å². The number of rotatable bonds is 6. The molecular weight excluding hydrogens is 477 g/mol. The lowest BCUT2D eigenvalue weighted by molar-refractivity contribution is 0.0690. The molecular formula is C27H28N3O5P. The highest BCUT2D eigenvalue weighted by atomic mass is 31.2. The van der Waals surface area contributed by atoms with Crippen LogP contribution in [0.1, 0.15) is 39.1 Å². The summed E-state index contributed by atoms with van der Waals surface area (Å²) in [6.07, 6.45) is 2.90. The van der Waals surface area contributed by atoms with Crippen molar-refractivity contribution in [2.45, 2.75) is 19.3 Å². The molecule has 9 heteroatoms. The van der Waals surface area contributed by atoms with E-state index in [1.807, 2.05) is 17.0 Å². The first kappa shape index (κ1) is 24.4. The van der Waals surface area contributed by atoms with E-state index in [-0.39, 0.29) is 18.5 Å². The molecule has 2 heterocycles. The summed E-state index contributed by atoms with van der Waals surface area (Å²) in [4.78, 5) is 48.5. The average molecular weight is 506 g/mol. The van der Waals surface area contributed by atoms with Crippen LogP contribution in [0.3, 0.4) is 0 Å². The van der Waals surface area contributed by atoms with Crippen LogP contribution in [-0.4, -0.2) is 46.3 Å². The molecule has 2 aliphatic rings. The third kappa shape index (κ3) is 5.27. The third-order valence-electron chi connectivity index (χ3n) is 6.78. The SMILES string of the molecule is O=C(c1ccc2c(c1)N(COP(O)O)C(=O)c1ccccc1N2)N1CCC(Cc2ccccc2)CC1. The Labute approximate surface area is 211 Å². The van der Waals surface area contributed by atoms with Gasteiger partial charge in [0.2, 0.25) is 0 Å². The van der Waals surface area contributed by atoms with Gasteiger partial charge in [-0.25, -0.2) is 0 Å². The number of hydrogen-bond acceptors (Lipinski definition) is 6. The van der Waals surface area contributed by atoms with Gasteiger partial charge < -0.3 is 20.0 Å².